The molecule has 0 aliphatic rings. The van der Waals surface area contributed by atoms with Crippen LogP contribution in [-0.4, -0.2) is 42.1 Å². The van der Waals surface area contributed by atoms with E-state index >= 15 is 0 Å². The molecule has 3 N–H and O–H groups in total. The maximum absolute atomic E-state index is 12.8. The molecule has 0 radical (unpaired) electrons. The van der Waals surface area contributed by atoms with Crippen molar-refractivity contribution in [1.29, 1.82) is 5.41 Å². The van der Waals surface area contributed by atoms with Gasteiger partial charge in [0.05, 0.1) is 6.54 Å². The van der Waals surface area contributed by atoms with E-state index in [9.17, 15) is 22.8 Å². The Morgan fingerprint density at radius 1 is 0.882 bits per heavy atom. The second kappa shape index (κ2) is 10.5. The summed E-state index contributed by atoms with van der Waals surface area (Å²) in [6, 6.07) is 21.6. The smallest absolute Gasteiger partial charge is 0.492 e. The minimum atomic E-state index is -5.29. The summed E-state index contributed by atoms with van der Waals surface area (Å²) in [4.78, 5) is 28.5. The second-order valence-electron chi connectivity index (χ2n) is 7.02. The molecule has 0 fully saturated rings. The van der Waals surface area contributed by atoms with E-state index < -0.39 is 24.6 Å². The number of halogens is 3. The lowest BCUT2D eigenvalue weighted by Gasteiger charge is -2.22. The van der Waals surface area contributed by atoms with Gasteiger partial charge in [-0.1, -0.05) is 54.6 Å². The van der Waals surface area contributed by atoms with Crippen LogP contribution >= 0.6 is 0 Å². The first-order valence-corrected chi connectivity index (χ1v) is 9.99. The molecule has 0 unspecified atom stereocenters. The van der Waals surface area contributed by atoms with Crippen LogP contribution in [0.25, 0.3) is 11.1 Å². The Morgan fingerprint density at radius 2 is 1.53 bits per heavy atom. The normalized spacial score (nSPS) is 10.9. The van der Waals surface area contributed by atoms with Crippen LogP contribution in [0.2, 0.25) is 0 Å². The van der Waals surface area contributed by atoms with E-state index in [0.717, 1.165) is 11.1 Å². The van der Waals surface area contributed by atoms with Crippen molar-refractivity contribution in [2.75, 3.05) is 13.2 Å². The highest BCUT2D eigenvalue weighted by atomic mass is 19.4. The van der Waals surface area contributed by atoms with Gasteiger partial charge in [0.15, 0.2) is 0 Å². The number of nitrogens with two attached hydrogens (primary N) is 1. The number of benzene rings is 3. The molecular weight excluding hydrogens is 451 g/mol. The van der Waals surface area contributed by atoms with Crippen molar-refractivity contribution in [3.8, 4) is 16.9 Å². The number of alkyl halides is 3. The maximum Gasteiger partial charge on any atom is 0.493 e. The SMILES string of the molecule is N=C(N)c1cccc(OCCN(OC(=O)C(F)(F)F)C(=O)c2ccc(-c3ccccc3)cc2)c1. The number of amides is 1. The fourth-order valence-corrected chi connectivity index (χ4v) is 2.92. The van der Waals surface area contributed by atoms with E-state index in [1.54, 1.807) is 30.3 Å². The van der Waals surface area contributed by atoms with E-state index in [4.69, 9.17) is 15.9 Å². The molecule has 0 bridgehead atoms. The third-order valence-corrected chi connectivity index (χ3v) is 4.60. The van der Waals surface area contributed by atoms with Crippen molar-refractivity contribution in [2.24, 2.45) is 5.73 Å². The molecule has 0 aliphatic carbocycles. The molecule has 0 heterocycles. The van der Waals surface area contributed by atoms with Gasteiger partial charge in [0.1, 0.15) is 18.2 Å². The minimum Gasteiger partial charge on any atom is -0.492 e. The number of hydroxylamine groups is 2. The molecule has 3 rings (SSSR count). The van der Waals surface area contributed by atoms with Crippen LogP contribution in [0, 0.1) is 5.41 Å². The first kappa shape index (κ1) is 24.3. The standard InChI is InChI=1S/C24H20F3N3O4/c25-24(26,27)23(32)34-30(13-14-33-20-8-4-7-19(15-20)21(28)29)22(31)18-11-9-17(10-12-18)16-5-2-1-3-6-16/h1-12,15H,13-14H2,(H3,28,29). The molecule has 0 saturated carbocycles. The number of nitrogen functional groups attached to an aromatic ring is 1. The zero-order valence-electron chi connectivity index (χ0n) is 17.7. The van der Waals surface area contributed by atoms with Crippen LogP contribution in [0.3, 0.4) is 0 Å². The van der Waals surface area contributed by atoms with Gasteiger partial charge in [-0.3, -0.25) is 10.2 Å². The van der Waals surface area contributed by atoms with Crippen LogP contribution in [0.4, 0.5) is 13.2 Å². The number of carbonyl (C=O) groups excluding carboxylic acids is 2. The first-order chi connectivity index (χ1) is 16.1. The summed E-state index contributed by atoms with van der Waals surface area (Å²) < 4.78 is 43.7. The molecule has 10 heteroatoms. The second-order valence-corrected chi connectivity index (χ2v) is 7.02. The number of carbonyl (C=O) groups is 2. The Kier molecular flexibility index (Phi) is 7.52. The molecule has 176 valence electrons. The number of amidine groups is 1. The van der Waals surface area contributed by atoms with Gasteiger partial charge in [-0.15, -0.1) is 0 Å². The molecule has 0 aromatic heterocycles. The summed E-state index contributed by atoms with van der Waals surface area (Å²) in [5, 5.41) is 7.75. The summed E-state index contributed by atoms with van der Waals surface area (Å²) in [7, 11) is 0. The van der Waals surface area contributed by atoms with E-state index in [0.29, 0.717) is 10.6 Å². The van der Waals surface area contributed by atoms with Gasteiger partial charge in [0.25, 0.3) is 5.91 Å². The molecule has 34 heavy (non-hydrogen) atoms. The van der Waals surface area contributed by atoms with E-state index in [-0.39, 0.29) is 23.8 Å². The highest BCUT2D eigenvalue weighted by Gasteiger charge is 2.43. The Balaban J connectivity index is 1.74. The minimum absolute atomic E-state index is 0.0215. The molecule has 0 aliphatic heterocycles. The fraction of sp³-hybridized carbons (Fsp3) is 0.125. The summed E-state index contributed by atoms with van der Waals surface area (Å²) in [6.45, 7) is -0.772. The number of ether oxygens (including phenoxy) is 1. The number of rotatable bonds is 7. The predicted molar refractivity (Wildman–Crippen MR) is 118 cm³/mol. The molecule has 0 saturated heterocycles. The van der Waals surface area contributed by atoms with Gasteiger partial charge in [-0.25, -0.2) is 4.79 Å². The van der Waals surface area contributed by atoms with Crippen LogP contribution in [0.15, 0.2) is 78.9 Å². The lowest BCUT2D eigenvalue weighted by atomic mass is 10.0. The summed E-state index contributed by atoms with van der Waals surface area (Å²) in [5.74, 6) is -3.39. The van der Waals surface area contributed by atoms with Gasteiger partial charge in [0, 0.05) is 11.1 Å². The zero-order chi connectivity index (χ0) is 24.7. The van der Waals surface area contributed by atoms with Crippen LogP contribution < -0.4 is 10.5 Å². The lowest BCUT2D eigenvalue weighted by molar-refractivity contribution is -0.229. The van der Waals surface area contributed by atoms with E-state index in [1.165, 1.54) is 18.2 Å². The van der Waals surface area contributed by atoms with Crippen molar-refractivity contribution in [3.05, 3.63) is 90.0 Å². The summed E-state index contributed by atoms with van der Waals surface area (Å²) >= 11 is 0. The lowest BCUT2D eigenvalue weighted by Crippen LogP contribution is -2.40. The van der Waals surface area contributed by atoms with E-state index in [2.05, 4.69) is 4.84 Å². The molecule has 0 spiro atoms. The van der Waals surface area contributed by atoms with Crippen molar-refractivity contribution in [2.45, 2.75) is 6.18 Å². The monoisotopic (exact) mass is 471 g/mol. The van der Waals surface area contributed by atoms with Crippen LogP contribution in [0.5, 0.6) is 5.75 Å². The van der Waals surface area contributed by atoms with Crippen molar-refractivity contribution < 1.29 is 32.3 Å². The Hall–Kier alpha value is -4.34. The van der Waals surface area contributed by atoms with Gasteiger partial charge in [-0.2, -0.15) is 18.2 Å². The van der Waals surface area contributed by atoms with Gasteiger partial charge >= 0.3 is 12.1 Å². The average Bonchev–Trinajstić information content (AvgIpc) is 2.83. The fourth-order valence-electron chi connectivity index (χ4n) is 2.92. The third-order valence-electron chi connectivity index (χ3n) is 4.60. The van der Waals surface area contributed by atoms with Crippen LogP contribution in [0.1, 0.15) is 15.9 Å². The largest absolute Gasteiger partial charge is 0.493 e. The van der Waals surface area contributed by atoms with Crippen molar-refractivity contribution >= 4 is 17.7 Å². The average molecular weight is 471 g/mol. The topological polar surface area (TPSA) is 106 Å². The molecule has 1 amide bonds. The number of hydrogen-bond donors (Lipinski definition) is 2. The maximum atomic E-state index is 12.8. The number of hydrogen-bond acceptors (Lipinski definition) is 5. The molecule has 3 aromatic rings. The van der Waals surface area contributed by atoms with Crippen molar-refractivity contribution in [3.63, 3.8) is 0 Å². The van der Waals surface area contributed by atoms with Crippen molar-refractivity contribution in [1.82, 2.24) is 5.06 Å². The molecule has 0 atom stereocenters. The molecule has 7 nitrogen and oxygen atoms in total. The Morgan fingerprint density at radius 3 is 2.15 bits per heavy atom. The van der Waals surface area contributed by atoms with E-state index in [1.807, 2.05) is 30.3 Å². The summed E-state index contributed by atoms with van der Waals surface area (Å²) in [6.07, 6.45) is -5.29. The Labute approximate surface area is 193 Å². The molecular formula is C24H20F3N3O4. The van der Waals surface area contributed by atoms with Gasteiger partial charge in [0.2, 0.25) is 0 Å². The first-order valence-electron chi connectivity index (χ1n) is 9.99. The highest BCUT2D eigenvalue weighted by molar-refractivity contribution is 5.95. The highest BCUT2D eigenvalue weighted by Crippen LogP contribution is 2.22. The third kappa shape index (κ3) is 6.35. The van der Waals surface area contributed by atoms with Gasteiger partial charge < -0.3 is 15.3 Å². The van der Waals surface area contributed by atoms with Gasteiger partial charge in [-0.05, 0) is 35.4 Å². The number of nitrogens with one attached hydrogen (secondary N) is 1. The number of nitrogens with zero attached hydrogens (tertiary/aromatic N) is 1. The zero-order valence-corrected chi connectivity index (χ0v) is 17.7. The molecule has 3 aromatic carbocycles. The van der Waals surface area contributed by atoms with Crippen LogP contribution in [-0.2, 0) is 9.63 Å². The summed E-state index contributed by atoms with van der Waals surface area (Å²) in [5.41, 5.74) is 7.51. The Bertz CT molecular complexity index is 1170. The predicted octanol–water partition coefficient (Wildman–Crippen LogP) is 4.18. The quantitative estimate of drug-likeness (QED) is 0.306.